The monoisotopic (exact) mass is 404 g/mol. The van der Waals surface area contributed by atoms with Crippen molar-refractivity contribution in [2.24, 2.45) is 7.05 Å². The van der Waals surface area contributed by atoms with Gasteiger partial charge in [0.1, 0.15) is 24.7 Å². The summed E-state index contributed by atoms with van der Waals surface area (Å²) >= 11 is 0. The maximum atomic E-state index is 12.7. The zero-order valence-electron chi connectivity index (χ0n) is 16.9. The Morgan fingerprint density at radius 1 is 0.828 bits per heavy atom. The molecule has 0 spiro atoms. The molecule has 0 fully saturated rings. The third kappa shape index (κ3) is 2.58. The van der Waals surface area contributed by atoms with Gasteiger partial charge in [-0.25, -0.2) is 19.6 Å². The molecule has 0 unspecified atom stereocenters. The molecule has 0 atom stereocenters. The first kappa shape index (κ1) is 18.9. The van der Waals surface area contributed by atoms with Crippen LogP contribution in [-0.2, 0) is 13.6 Å². The van der Waals surface area contributed by atoms with E-state index in [0.29, 0.717) is 49.4 Å². The molecule has 12 nitrogen and oxygen atoms in total. The number of H-pyrrole nitrogens is 2. The molecule has 156 valence electrons. The van der Waals surface area contributed by atoms with E-state index in [1.165, 1.54) is 9.13 Å². The van der Waals surface area contributed by atoms with Crippen molar-refractivity contribution in [2.45, 2.75) is 26.8 Å². The number of hydrazine groups is 1. The summed E-state index contributed by atoms with van der Waals surface area (Å²) in [5.41, 5.74) is -1.17. The molecular formula is C17H24N8O4. The maximum absolute atomic E-state index is 12.7. The van der Waals surface area contributed by atoms with Gasteiger partial charge in [-0.3, -0.25) is 28.7 Å². The minimum atomic E-state index is -0.530. The molecule has 0 aliphatic carbocycles. The average Bonchev–Trinajstić information content (AvgIpc) is 3.19. The molecule has 2 N–H and O–H groups in total. The summed E-state index contributed by atoms with van der Waals surface area (Å²) in [5, 5.41) is 3.57. The lowest BCUT2D eigenvalue weighted by atomic mass is 10.4. The number of aromatic nitrogens is 4. The van der Waals surface area contributed by atoms with Crippen molar-refractivity contribution >= 4 is 23.0 Å². The van der Waals surface area contributed by atoms with Gasteiger partial charge in [0.05, 0.1) is 0 Å². The lowest BCUT2D eigenvalue weighted by Crippen LogP contribution is -2.48. The Morgan fingerprint density at radius 2 is 1.45 bits per heavy atom. The highest BCUT2D eigenvalue weighted by atomic mass is 16.2. The van der Waals surface area contributed by atoms with E-state index in [1.807, 2.05) is 18.7 Å². The third-order valence-corrected chi connectivity index (χ3v) is 5.36. The summed E-state index contributed by atoms with van der Waals surface area (Å²) in [5.74, 6) is 0.879. The molecule has 2 aliphatic rings. The van der Waals surface area contributed by atoms with Gasteiger partial charge < -0.3 is 9.80 Å². The molecule has 0 amide bonds. The Bertz CT molecular complexity index is 1210. The normalized spacial score (nSPS) is 15.3. The zero-order chi connectivity index (χ0) is 21.0. The minimum Gasteiger partial charge on any atom is -0.348 e. The van der Waals surface area contributed by atoms with E-state index in [0.717, 1.165) is 6.42 Å². The number of fused-ring (bicyclic) bond motifs is 2. The minimum absolute atomic E-state index is 0.291. The number of nitrogens with zero attached hydrogens (tertiary/aromatic N) is 6. The van der Waals surface area contributed by atoms with Gasteiger partial charge in [0.25, 0.3) is 11.1 Å². The second-order valence-electron chi connectivity index (χ2n) is 7.21. The van der Waals surface area contributed by atoms with Crippen molar-refractivity contribution in [1.29, 1.82) is 0 Å². The van der Waals surface area contributed by atoms with Gasteiger partial charge in [-0.1, -0.05) is 6.92 Å². The molecule has 12 heteroatoms. The van der Waals surface area contributed by atoms with Crippen LogP contribution in [0.5, 0.6) is 0 Å². The van der Waals surface area contributed by atoms with Crippen LogP contribution in [0.2, 0.25) is 0 Å². The lowest BCUT2D eigenvalue weighted by Gasteiger charge is -2.33. The highest BCUT2D eigenvalue weighted by Crippen LogP contribution is 2.39. The van der Waals surface area contributed by atoms with Crippen LogP contribution in [0.4, 0.5) is 23.0 Å². The molecule has 2 aromatic rings. The summed E-state index contributed by atoms with van der Waals surface area (Å²) in [6.45, 7) is 5.43. The van der Waals surface area contributed by atoms with Gasteiger partial charge in [0.2, 0.25) is 0 Å². The highest BCUT2D eigenvalue weighted by molar-refractivity contribution is 5.80. The molecule has 0 saturated carbocycles. The van der Waals surface area contributed by atoms with Crippen LogP contribution in [0, 0.1) is 0 Å². The molecule has 0 aromatic carbocycles. The Labute approximate surface area is 165 Å². The fourth-order valence-corrected chi connectivity index (χ4v) is 4.10. The van der Waals surface area contributed by atoms with E-state index < -0.39 is 22.5 Å². The molecule has 0 saturated heterocycles. The summed E-state index contributed by atoms with van der Waals surface area (Å²) in [6, 6.07) is 0. The first-order valence-electron chi connectivity index (χ1n) is 9.51. The second-order valence-corrected chi connectivity index (χ2v) is 7.21. The number of nitrogens with one attached hydrogen (secondary N) is 2. The van der Waals surface area contributed by atoms with E-state index in [4.69, 9.17) is 0 Å². The molecular weight excluding hydrogens is 380 g/mol. The topological polar surface area (TPSA) is 123 Å². The maximum Gasteiger partial charge on any atom is 0.330 e. The Hall–Kier alpha value is -3.44. The molecule has 2 aliphatic heterocycles. The first-order chi connectivity index (χ1) is 13.8. The number of rotatable bonds is 4. The fraction of sp³-hybridized carbons (Fsp3) is 0.529. The Morgan fingerprint density at radius 3 is 2.10 bits per heavy atom. The van der Waals surface area contributed by atoms with E-state index >= 15 is 0 Å². The summed E-state index contributed by atoms with van der Waals surface area (Å²) in [7, 11) is 3.33. The van der Waals surface area contributed by atoms with Crippen LogP contribution in [0.15, 0.2) is 19.2 Å². The van der Waals surface area contributed by atoms with Gasteiger partial charge in [-0.05, 0) is 13.3 Å². The second kappa shape index (κ2) is 6.57. The Balaban J connectivity index is 1.97. The standard InChI is InChI=1S/C17H24N8O4/c1-5-7-22-9-25(15-11(22)13(27)19-17(29)23(15)6-2)24-8-20(3)10-12(26)18-16(28)21(4)14(10)24/h5-9H2,1-4H3,(H,18,26,28)(H,19,27,29). The highest BCUT2D eigenvalue weighted by Gasteiger charge is 2.41. The summed E-state index contributed by atoms with van der Waals surface area (Å²) in [4.78, 5) is 58.1. The lowest BCUT2D eigenvalue weighted by molar-refractivity contribution is 0.645. The molecule has 2 aromatic heterocycles. The van der Waals surface area contributed by atoms with Crippen LogP contribution in [0.3, 0.4) is 0 Å². The predicted octanol–water partition coefficient (Wildman–Crippen LogP) is -1.23. The Kier molecular flexibility index (Phi) is 4.28. The van der Waals surface area contributed by atoms with Gasteiger partial charge >= 0.3 is 11.4 Å². The largest absolute Gasteiger partial charge is 0.348 e. The molecule has 0 bridgehead atoms. The summed E-state index contributed by atoms with van der Waals surface area (Å²) in [6.07, 6.45) is 0.812. The summed E-state index contributed by atoms with van der Waals surface area (Å²) < 4.78 is 2.86. The van der Waals surface area contributed by atoms with Crippen LogP contribution in [-0.4, -0.2) is 46.0 Å². The first-order valence-corrected chi connectivity index (χ1v) is 9.51. The SMILES string of the molecule is CCCN1CN(N2CN(C)c3c2n(C)c(=O)[nH]c3=O)c2c1c(=O)[nH]c(=O)n2CC. The van der Waals surface area contributed by atoms with Gasteiger partial charge in [-0.15, -0.1) is 0 Å². The number of hydrogen-bond acceptors (Lipinski definition) is 8. The van der Waals surface area contributed by atoms with Crippen LogP contribution >= 0.6 is 0 Å². The van der Waals surface area contributed by atoms with Crippen LogP contribution in [0.1, 0.15) is 20.3 Å². The van der Waals surface area contributed by atoms with E-state index in [-0.39, 0.29) is 0 Å². The predicted molar refractivity (Wildman–Crippen MR) is 110 cm³/mol. The molecule has 29 heavy (non-hydrogen) atoms. The number of anilines is 4. The smallest absolute Gasteiger partial charge is 0.330 e. The zero-order valence-corrected chi connectivity index (χ0v) is 16.9. The van der Waals surface area contributed by atoms with Crippen LogP contribution < -0.4 is 42.3 Å². The van der Waals surface area contributed by atoms with Crippen LogP contribution in [0.25, 0.3) is 0 Å². The van der Waals surface area contributed by atoms with Crippen molar-refractivity contribution in [2.75, 3.05) is 46.7 Å². The quantitative estimate of drug-likeness (QED) is 0.649. The molecule has 0 radical (unpaired) electrons. The number of hydrogen-bond donors (Lipinski definition) is 2. The van der Waals surface area contributed by atoms with Crippen molar-refractivity contribution < 1.29 is 0 Å². The number of aromatic amines is 2. The fourth-order valence-electron chi connectivity index (χ4n) is 4.10. The van der Waals surface area contributed by atoms with Gasteiger partial charge in [0.15, 0.2) is 11.6 Å². The van der Waals surface area contributed by atoms with Crippen molar-refractivity contribution in [3.05, 3.63) is 41.7 Å². The molecule has 4 heterocycles. The van der Waals surface area contributed by atoms with Crippen molar-refractivity contribution in [1.82, 2.24) is 19.1 Å². The van der Waals surface area contributed by atoms with Gasteiger partial charge in [0, 0.05) is 27.2 Å². The van der Waals surface area contributed by atoms with E-state index in [9.17, 15) is 19.2 Å². The van der Waals surface area contributed by atoms with Crippen molar-refractivity contribution in [3.8, 4) is 0 Å². The van der Waals surface area contributed by atoms with Crippen molar-refractivity contribution in [3.63, 3.8) is 0 Å². The average molecular weight is 404 g/mol. The molecule has 4 rings (SSSR count). The van der Waals surface area contributed by atoms with E-state index in [1.54, 1.807) is 29.0 Å². The third-order valence-electron chi connectivity index (χ3n) is 5.36. The van der Waals surface area contributed by atoms with E-state index in [2.05, 4.69) is 9.97 Å². The van der Waals surface area contributed by atoms with Gasteiger partial charge in [-0.2, -0.15) is 0 Å².